The van der Waals surface area contributed by atoms with E-state index in [-0.39, 0.29) is 0 Å². The lowest BCUT2D eigenvalue weighted by atomic mass is 9.80. The van der Waals surface area contributed by atoms with Gasteiger partial charge in [-0.05, 0) is 32.6 Å². The molecule has 2 nitrogen and oxygen atoms in total. The minimum absolute atomic E-state index is 0.672. The number of rotatable bonds is 4. The van der Waals surface area contributed by atoms with Crippen molar-refractivity contribution in [2.75, 3.05) is 0 Å². The highest BCUT2D eigenvalue weighted by atomic mass is 32.1. The molecule has 0 amide bonds. The van der Waals surface area contributed by atoms with Crippen LogP contribution in [0.4, 0.5) is 0 Å². The summed E-state index contributed by atoms with van der Waals surface area (Å²) in [5.74, 6) is 0.920. The van der Waals surface area contributed by atoms with E-state index in [1.165, 1.54) is 24.1 Å². The summed E-state index contributed by atoms with van der Waals surface area (Å²) < 4.78 is 0. The number of aromatic nitrogens is 1. The van der Waals surface area contributed by atoms with E-state index in [9.17, 15) is 0 Å². The van der Waals surface area contributed by atoms with Gasteiger partial charge < -0.3 is 5.32 Å². The van der Waals surface area contributed by atoms with E-state index >= 15 is 0 Å². The zero-order valence-electron chi connectivity index (χ0n) is 8.92. The Morgan fingerprint density at radius 3 is 2.93 bits per heavy atom. The Morgan fingerprint density at radius 2 is 2.43 bits per heavy atom. The van der Waals surface area contributed by atoms with E-state index in [4.69, 9.17) is 0 Å². The minimum Gasteiger partial charge on any atom is -0.309 e. The van der Waals surface area contributed by atoms with Crippen LogP contribution in [0, 0.1) is 12.8 Å². The normalized spacial score (nSPS) is 19.3. The van der Waals surface area contributed by atoms with E-state index in [1.807, 2.05) is 6.20 Å². The van der Waals surface area contributed by atoms with Crippen molar-refractivity contribution in [2.45, 2.75) is 45.7 Å². The first kappa shape index (κ1) is 10.1. The van der Waals surface area contributed by atoms with E-state index in [1.54, 1.807) is 11.3 Å². The fourth-order valence-electron chi connectivity index (χ4n) is 1.86. The van der Waals surface area contributed by atoms with Gasteiger partial charge in [-0.1, -0.05) is 6.42 Å². The van der Waals surface area contributed by atoms with Crippen LogP contribution in [-0.4, -0.2) is 11.0 Å². The molecule has 0 bridgehead atoms. The van der Waals surface area contributed by atoms with Crippen LogP contribution in [-0.2, 0) is 6.54 Å². The molecule has 2 rings (SSSR count). The maximum atomic E-state index is 4.25. The van der Waals surface area contributed by atoms with Crippen molar-refractivity contribution in [3.8, 4) is 0 Å². The summed E-state index contributed by atoms with van der Waals surface area (Å²) in [5, 5.41) is 4.75. The highest BCUT2D eigenvalue weighted by Crippen LogP contribution is 2.29. The molecule has 1 heterocycles. The second kappa shape index (κ2) is 4.41. The average molecular weight is 210 g/mol. The molecule has 0 saturated heterocycles. The summed E-state index contributed by atoms with van der Waals surface area (Å²) in [6.07, 6.45) is 6.24. The van der Waals surface area contributed by atoms with Crippen molar-refractivity contribution < 1.29 is 0 Å². The molecule has 0 aliphatic heterocycles. The molecular formula is C11H18N2S. The quantitative estimate of drug-likeness (QED) is 0.826. The maximum Gasteiger partial charge on any atom is 0.0897 e. The summed E-state index contributed by atoms with van der Waals surface area (Å²) in [6.45, 7) is 5.35. The van der Waals surface area contributed by atoms with Crippen LogP contribution in [0.1, 0.15) is 36.1 Å². The van der Waals surface area contributed by atoms with Crippen LogP contribution >= 0.6 is 11.3 Å². The fourth-order valence-corrected chi connectivity index (χ4v) is 2.60. The molecule has 1 unspecified atom stereocenters. The van der Waals surface area contributed by atoms with E-state index in [0.29, 0.717) is 6.04 Å². The van der Waals surface area contributed by atoms with Crippen LogP contribution in [0.5, 0.6) is 0 Å². The molecule has 1 atom stereocenters. The van der Waals surface area contributed by atoms with Crippen LogP contribution in [0.2, 0.25) is 0 Å². The van der Waals surface area contributed by atoms with Gasteiger partial charge in [-0.2, -0.15) is 0 Å². The van der Waals surface area contributed by atoms with Gasteiger partial charge in [0.1, 0.15) is 0 Å². The van der Waals surface area contributed by atoms with Gasteiger partial charge in [0, 0.05) is 23.7 Å². The minimum atomic E-state index is 0.672. The van der Waals surface area contributed by atoms with Crippen LogP contribution in [0.3, 0.4) is 0 Å². The topological polar surface area (TPSA) is 24.9 Å². The van der Waals surface area contributed by atoms with E-state index in [2.05, 4.69) is 24.1 Å². The third-order valence-electron chi connectivity index (χ3n) is 3.12. The highest BCUT2D eigenvalue weighted by Gasteiger charge is 2.23. The number of thiazole rings is 1. The zero-order valence-corrected chi connectivity index (χ0v) is 9.73. The number of nitrogens with one attached hydrogen (secondary N) is 1. The van der Waals surface area contributed by atoms with Crippen LogP contribution in [0.25, 0.3) is 0 Å². The summed E-state index contributed by atoms with van der Waals surface area (Å²) in [7, 11) is 0. The SMILES string of the molecule is Cc1ncc(CNC(C)C2CCC2)s1. The smallest absolute Gasteiger partial charge is 0.0897 e. The fraction of sp³-hybridized carbons (Fsp3) is 0.727. The molecule has 14 heavy (non-hydrogen) atoms. The Labute approximate surface area is 89.8 Å². The number of aryl methyl sites for hydroxylation is 1. The molecule has 1 aromatic rings. The molecule has 1 N–H and O–H groups in total. The average Bonchev–Trinajstić information content (AvgIpc) is 2.45. The monoisotopic (exact) mass is 210 g/mol. The Kier molecular flexibility index (Phi) is 3.19. The standard InChI is InChI=1S/C11H18N2S/c1-8(10-4-3-5-10)12-6-11-7-13-9(2)14-11/h7-8,10,12H,3-6H2,1-2H3. The molecule has 78 valence electrons. The van der Waals surface area contributed by atoms with Crippen LogP contribution < -0.4 is 5.32 Å². The van der Waals surface area contributed by atoms with Gasteiger partial charge in [0.15, 0.2) is 0 Å². The second-order valence-corrected chi connectivity index (χ2v) is 5.53. The Balaban J connectivity index is 1.76. The van der Waals surface area contributed by atoms with Crippen molar-refractivity contribution in [2.24, 2.45) is 5.92 Å². The lowest BCUT2D eigenvalue weighted by Gasteiger charge is -2.31. The molecule has 0 aromatic carbocycles. The summed E-state index contributed by atoms with van der Waals surface area (Å²) in [5.41, 5.74) is 0. The molecular weight excluding hydrogens is 192 g/mol. The molecule has 0 radical (unpaired) electrons. The molecule has 1 saturated carbocycles. The molecule has 0 spiro atoms. The summed E-state index contributed by atoms with van der Waals surface area (Å²) in [6, 6.07) is 0.672. The number of hydrogen-bond acceptors (Lipinski definition) is 3. The first-order valence-corrected chi connectivity index (χ1v) is 6.22. The van der Waals surface area contributed by atoms with E-state index < -0.39 is 0 Å². The maximum absolute atomic E-state index is 4.25. The first-order valence-electron chi connectivity index (χ1n) is 5.40. The number of hydrogen-bond donors (Lipinski definition) is 1. The third-order valence-corrected chi connectivity index (χ3v) is 4.04. The predicted molar refractivity (Wildman–Crippen MR) is 60.5 cm³/mol. The first-order chi connectivity index (χ1) is 6.75. The van der Waals surface area contributed by atoms with Gasteiger partial charge >= 0.3 is 0 Å². The molecule has 3 heteroatoms. The number of nitrogens with zero attached hydrogens (tertiary/aromatic N) is 1. The van der Waals surface area contributed by atoms with Crippen molar-refractivity contribution in [3.63, 3.8) is 0 Å². The Hall–Kier alpha value is -0.410. The molecule has 1 fully saturated rings. The lowest BCUT2D eigenvalue weighted by molar-refractivity contribution is 0.240. The van der Waals surface area contributed by atoms with Crippen molar-refractivity contribution >= 4 is 11.3 Å². The van der Waals surface area contributed by atoms with Gasteiger partial charge in [0.05, 0.1) is 5.01 Å². The van der Waals surface area contributed by atoms with Gasteiger partial charge in [0.25, 0.3) is 0 Å². The van der Waals surface area contributed by atoms with Gasteiger partial charge in [0.2, 0.25) is 0 Å². The molecule has 1 aliphatic carbocycles. The second-order valence-electron chi connectivity index (χ2n) is 4.21. The van der Waals surface area contributed by atoms with Gasteiger partial charge in [-0.15, -0.1) is 11.3 Å². The largest absolute Gasteiger partial charge is 0.309 e. The highest BCUT2D eigenvalue weighted by molar-refractivity contribution is 7.11. The Bertz CT molecular complexity index is 291. The van der Waals surface area contributed by atoms with Crippen LogP contribution in [0.15, 0.2) is 6.20 Å². The lowest BCUT2D eigenvalue weighted by Crippen LogP contribution is -2.36. The third kappa shape index (κ3) is 2.34. The van der Waals surface area contributed by atoms with Crippen molar-refractivity contribution in [3.05, 3.63) is 16.1 Å². The summed E-state index contributed by atoms with van der Waals surface area (Å²) >= 11 is 1.79. The Morgan fingerprint density at radius 1 is 1.64 bits per heavy atom. The molecule has 1 aliphatic rings. The molecule has 1 aromatic heterocycles. The predicted octanol–water partition coefficient (Wildman–Crippen LogP) is 2.73. The van der Waals surface area contributed by atoms with Gasteiger partial charge in [-0.3, -0.25) is 0 Å². The summed E-state index contributed by atoms with van der Waals surface area (Å²) in [4.78, 5) is 5.61. The van der Waals surface area contributed by atoms with Gasteiger partial charge in [-0.25, -0.2) is 4.98 Å². The van der Waals surface area contributed by atoms with E-state index in [0.717, 1.165) is 17.5 Å². The van der Waals surface area contributed by atoms with Crippen molar-refractivity contribution in [1.82, 2.24) is 10.3 Å². The van der Waals surface area contributed by atoms with Crippen molar-refractivity contribution in [1.29, 1.82) is 0 Å². The zero-order chi connectivity index (χ0) is 9.97.